The number of carbonyl (C=O) groups excluding carboxylic acids is 1. The maximum Gasteiger partial charge on any atom is 0.323 e. The first kappa shape index (κ1) is 15.9. The summed E-state index contributed by atoms with van der Waals surface area (Å²) in [7, 11) is -3.58. The van der Waals surface area contributed by atoms with Gasteiger partial charge >= 0.3 is 5.97 Å². The van der Waals surface area contributed by atoms with Crippen molar-refractivity contribution >= 4 is 33.2 Å². The standard InChI is InChI=1S/C12H16N2O5S2/c15-10(14(8-11(16)17)9-3-4-9)5-6-13-21(18,19)12-2-1-7-20-12/h1-2,7,9,13H,3-6,8H2,(H,16,17). The molecule has 1 saturated carbocycles. The van der Waals surface area contributed by atoms with Gasteiger partial charge in [-0.15, -0.1) is 11.3 Å². The van der Waals surface area contributed by atoms with Gasteiger partial charge in [0, 0.05) is 19.0 Å². The number of sulfonamides is 1. The van der Waals surface area contributed by atoms with Crippen LogP contribution in [0.4, 0.5) is 0 Å². The van der Waals surface area contributed by atoms with E-state index in [1.807, 2.05) is 0 Å². The third-order valence-electron chi connectivity index (χ3n) is 3.00. The van der Waals surface area contributed by atoms with Crippen LogP contribution in [-0.4, -0.2) is 49.4 Å². The van der Waals surface area contributed by atoms with Crippen molar-refractivity contribution in [2.24, 2.45) is 0 Å². The lowest BCUT2D eigenvalue weighted by molar-refractivity contribution is -0.144. The number of nitrogens with one attached hydrogen (secondary N) is 1. The van der Waals surface area contributed by atoms with Crippen molar-refractivity contribution in [2.75, 3.05) is 13.1 Å². The van der Waals surface area contributed by atoms with Gasteiger partial charge < -0.3 is 10.0 Å². The molecular weight excluding hydrogens is 316 g/mol. The van der Waals surface area contributed by atoms with Crippen molar-refractivity contribution < 1.29 is 23.1 Å². The molecule has 1 heterocycles. The monoisotopic (exact) mass is 332 g/mol. The number of hydrogen-bond acceptors (Lipinski definition) is 5. The number of rotatable bonds is 8. The maximum absolute atomic E-state index is 12.0. The summed E-state index contributed by atoms with van der Waals surface area (Å²) in [4.78, 5) is 24.0. The highest BCUT2D eigenvalue weighted by molar-refractivity contribution is 7.91. The molecule has 0 aliphatic heterocycles. The number of carboxylic acids is 1. The second-order valence-corrected chi connectivity index (χ2v) is 7.67. The molecule has 2 rings (SSSR count). The topological polar surface area (TPSA) is 104 Å². The normalized spacial score (nSPS) is 14.9. The summed E-state index contributed by atoms with van der Waals surface area (Å²) in [5.41, 5.74) is 0. The Morgan fingerprint density at radius 1 is 1.43 bits per heavy atom. The van der Waals surface area contributed by atoms with Gasteiger partial charge in [-0.05, 0) is 24.3 Å². The summed E-state index contributed by atoms with van der Waals surface area (Å²) in [6, 6.07) is 3.10. The molecule has 0 saturated heterocycles. The van der Waals surface area contributed by atoms with Crippen LogP contribution in [0.15, 0.2) is 21.7 Å². The molecule has 21 heavy (non-hydrogen) atoms. The van der Waals surface area contributed by atoms with Crippen molar-refractivity contribution in [1.29, 1.82) is 0 Å². The largest absolute Gasteiger partial charge is 0.480 e. The highest BCUT2D eigenvalue weighted by Gasteiger charge is 2.33. The van der Waals surface area contributed by atoms with Crippen LogP contribution in [0.1, 0.15) is 19.3 Å². The van der Waals surface area contributed by atoms with Crippen LogP contribution in [0.5, 0.6) is 0 Å². The van der Waals surface area contributed by atoms with E-state index in [-0.39, 0.29) is 35.7 Å². The molecule has 0 bridgehead atoms. The zero-order valence-electron chi connectivity index (χ0n) is 11.2. The minimum absolute atomic E-state index is 0.0116. The van der Waals surface area contributed by atoms with Crippen molar-refractivity contribution in [3.8, 4) is 0 Å². The van der Waals surface area contributed by atoms with Gasteiger partial charge in [-0.3, -0.25) is 9.59 Å². The molecule has 1 amide bonds. The molecule has 0 aromatic carbocycles. The van der Waals surface area contributed by atoms with E-state index in [2.05, 4.69) is 4.72 Å². The first-order valence-corrected chi connectivity index (χ1v) is 8.81. The lowest BCUT2D eigenvalue weighted by Crippen LogP contribution is -2.39. The molecule has 2 N–H and O–H groups in total. The van der Waals surface area contributed by atoms with Crippen molar-refractivity contribution in [3.05, 3.63) is 17.5 Å². The van der Waals surface area contributed by atoms with Crippen LogP contribution in [0.25, 0.3) is 0 Å². The Labute approximate surface area is 126 Å². The Kier molecular flexibility index (Phi) is 4.96. The number of amides is 1. The number of aliphatic carboxylic acids is 1. The fraction of sp³-hybridized carbons (Fsp3) is 0.500. The summed E-state index contributed by atoms with van der Waals surface area (Å²) in [5, 5.41) is 10.4. The van der Waals surface area contributed by atoms with Crippen LogP contribution >= 0.6 is 11.3 Å². The third-order valence-corrected chi connectivity index (χ3v) is 5.86. The smallest absolute Gasteiger partial charge is 0.323 e. The van der Waals surface area contributed by atoms with Crippen LogP contribution in [-0.2, 0) is 19.6 Å². The van der Waals surface area contributed by atoms with Crippen LogP contribution in [0.3, 0.4) is 0 Å². The van der Waals surface area contributed by atoms with Crippen LogP contribution in [0.2, 0.25) is 0 Å². The van der Waals surface area contributed by atoms with Crippen molar-refractivity contribution in [1.82, 2.24) is 9.62 Å². The first-order valence-electron chi connectivity index (χ1n) is 6.44. The molecule has 1 aromatic rings. The average molecular weight is 332 g/mol. The van der Waals surface area contributed by atoms with Gasteiger partial charge in [0.2, 0.25) is 15.9 Å². The van der Waals surface area contributed by atoms with E-state index >= 15 is 0 Å². The van der Waals surface area contributed by atoms with Gasteiger partial charge in [0.1, 0.15) is 10.8 Å². The molecular formula is C12H16N2O5S2. The Morgan fingerprint density at radius 2 is 2.14 bits per heavy atom. The molecule has 0 atom stereocenters. The molecule has 7 nitrogen and oxygen atoms in total. The lowest BCUT2D eigenvalue weighted by atomic mass is 10.3. The van der Waals surface area contributed by atoms with E-state index < -0.39 is 16.0 Å². The average Bonchev–Trinajstić information content (AvgIpc) is 3.07. The number of nitrogens with zero attached hydrogens (tertiary/aromatic N) is 1. The minimum atomic E-state index is -3.58. The number of hydrogen-bond donors (Lipinski definition) is 2. The predicted octanol–water partition coefficient (Wildman–Crippen LogP) is 0.492. The van der Waals surface area contributed by atoms with Crippen LogP contribution < -0.4 is 4.72 Å². The van der Waals surface area contributed by atoms with E-state index in [4.69, 9.17) is 5.11 Å². The third kappa shape index (κ3) is 4.51. The summed E-state index contributed by atoms with van der Waals surface area (Å²) < 4.78 is 26.2. The van der Waals surface area contributed by atoms with Gasteiger partial charge in [0.05, 0.1) is 0 Å². The summed E-state index contributed by atoms with van der Waals surface area (Å²) >= 11 is 1.09. The van der Waals surface area contributed by atoms with E-state index in [9.17, 15) is 18.0 Å². The summed E-state index contributed by atoms with van der Waals surface area (Å²) in [6.07, 6.45) is 1.56. The van der Waals surface area contributed by atoms with Gasteiger partial charge in [0.25, 0.3) is 0 Å². The molecule has 1 aliphatic carbocycles. The lowest BCUT2D eigenvalue weighted by Gasteiger charge is -2.20. The van der Waals surface area contributed by atoms with Gasteiger partial charge in [-0.1, -0.05) is 6.07 Å². The highest BCUT2D eigenvalue weighted by atomic mass is 32.2. The fourth-order valence-electron chi connectivity index (χ4n) is 1.88. The van der Waals surface area contributed by atoms with E-state index in [1.54, 1.807) is 11.4 Å². The van der Waals surface area contributed by atoms with Crippen LogP contribution in [0, 0.1) is 0 Å². The molecule has 1 aromatic heterocycles. The second kappa shape index (κ2) is 6.54. The Morgan fingerprint density at radius 3 is 2.67 bits per heavy atom. The molecule has 1 fully saturated rings. The van der Waals surface area contributed by atoms with Gasteiger partial charge in [0.15, 0.2) is 0 Å². The van der Waals surface area contributed by atoms with Gasteiger partial charge in [-0.2, -0.15) is 0 Å². The molecule has 0 spiro atoms. The zero-order chi connectivity index (χ0) is 15.5. The molecule has 0 radical (unpaired) electrons. The Bertz CT molecular complexity index is 608. The first-order chi connectivity index (χ1) is 9.90. The van der Waals surface area contributed by atoms with E-state index in [0.717, 1.165) is 24.2 Å². The molecule has 9 heteroatoms. The predicted molar refractivity (Wildman–Crippen MR) is 76.5 cm³/mol. The Balaban J connectivity index is 1.84. The molecule has 0 unspecified atom stereocenters. The summed E-state index contributed by atoms with van der Waals surface area (Å²) in [5.74, 6) is -1.40. The van der Waals surface area contributed by atoms with Gasteiger partial charge in [-0.25, -0.2) is 13.1 Å². The number of thiophene rings is 1. The van der Waals surface area contributed by atoms with E-state index in [0.29, 0.717) is 0 Å². The Hall–Kier alpha value is -1.45. The number of carboxylic acid groups (broad SMARTS) is 1. The zero-order valence-corrected chi connectivity index (χ0v) is 12.8. The number of carbonyl (C=O) groups is 2. The second-order valence-electron chi connectivity index (χ2n) is 4.73. The van der Waals surface area contributed by atoms with Crippen molar-refractivity contribution in [2.45, 2.75) is 29.5 Å². The summed E-state index contributed by atoms with van der Waals surface area (Å²) in [6.45, 7) is -0.372. The quantitative estimate of drug-likeness (QED) is 0.721. The SMILES string of the molecule is O=C(O)CN(C(=O)CCNS(=O)(=O)c1cccs1)C1CC1. The molecule has 116 valence electrons. The maximum atomic E-state index is 12.0. The van der Waals surface area contributed by atoms with E-state index in [1.165, 1.54) is 11.0 Å². The highest BCUT2D eigenvalue weighted by Crippen LogP contribution is 2.27. The minimum Gasteiger partial charge on any atom is -0.480 e. The molecule has 1 aliphatic rings. The fourth-order valence-corrected chi connectivity index (χ4v) is 3.95. The van der Waals surface area contributed by atoms with Crippen molar-refractivity contribution in [3.63, 3.8) is 0 Å².